The number of thioether (sulfide) groups is 1. The highest BCUT2D eigenvalue weighted by atomic mass is 79.9. The van der Waals surface area contributed by atoms with Gasteiger partial charge < -0.3 is 0 Å². The summed E-state index contributed by atoms with van der Waals surface area (Å²) in [5, 5.41) is 9.76. The number of nitrogens with zero attached hydrogens (tertiary/aromatic N) is 4. The standard InChI is InChI=1S/C32H27BrN4O2S/c33-23-15-13-21(14-16-23)26(38)20-40-31-35-34-30-36(24-10-3-1-4-11-24)29(39)27-28(37(30)31)25-12-6-5-9-22(25)19-32(27)17-7-2-8-18-32/h1,3-6,9-16H,2,7-8,17-20H2. The molecule has 8 heteroatoms. The Kier molecular flexibility index (Phi) is 6.47. The first-order valence-electron chi connectivity index (χ1n) is 13.7. The molecule has 3 aromatic carbocycles. The SMILES string of the molecule is O=C(CSc1nnc2n(-c3ccccc3)c(=O)c3c(n12)-c1ccccc1CC31CCCCC1)c1ccc(Br)cc1. The number of para-hydroxylation sites is 1. The predicted octanol–water partition coefficient (Wildman–Crippen LogP) is 7.04. The molecule has 2 aromatic heterocycles. The number of carbonyl (C=O) groups excluding carboxylic acids is 1. The van der Waals surface area contributed by atoms with E-state index in [1.165, 1.54) is 23.7 Å². The van der Waals surface area contributed by atoms with Crippen LogP contribution in [0.3, 0.4) is 0 Å². The van der Waals surface area contributed by atoms with Crippen molar-refractivity contribution in [1.82, 2.24) is 19.2 Å². The Morgan fingerprint density at radius 3 is 2.40 bits per heavy atom. The topological polar surface area (TPSA) is 69.3 Å². The fourth-order valence-corrected chi connectivity index (χ4v) is 7.61. The van der Waals surface area contributed by atoms with Gasteiger partial charge in [0.05, 0.1) is 17.1 Å². The minimum absolute atomic E-state index is 0.0139. The minimum Gasteiger partial charge on any atom is -0.293 e. The van der Waals surface area contributed by atoms with Crippen LogP contribution >= 0.6 is 27.7 Å². The molecule has 0 saturated heterocycles. The number of halogens is 1. The summed E-state index contributed by atoms with van der Waals surface area (Å²) in [6, 6.07) is 25.5. The predicted molar refractivity (Wildman–Crippen MR) is 162 cm³/mol. The van der Waals surface area contributed by atoms with Crippen molar-refractivity contribution < 1.29 is 4.79 Å². The molecule has 1 saturated carbocycles. The molecule has 2 aliphatic rings. The molecule has 40 heavy (non-hydrogen) atoms. The van der Waals surface area contributed by atoms with Gasteiger partial charge >= 0.3 is 0 Å². The number of Topliss-reactive ketones (excluding diaryl/α,β-unsaturated/α-hetero) is 1. The van der Waals surface area contributed by atoms with E-state index >= 15 is 0 Å². The molecule has 7 rings (SSSR count). The number of hydrogen-bond donors (Lipinski definition) is 0. The van der Waals surface area contributed by atoms with Crippen molar-refractivity contribution in [2.24, 2.45) is 0 Å². The molecule has 1 fully saturated rings. The van der Waals surface area contributed by atoms with Crippen LogP contribution in [-0.4, -0.2) is 30.7 Å². The van der Waals surface area contributed by atoms with E-state index in [1.54, 1.807) is 4.57 Å². The van der Waals surface area contributed by atoms with Crippen molar-refractivity contribution in [3.63, 3.8) is 0 Å². The zero-order valence-electron chi connectivity index (χ0n) is 21.8. The number of hydrogen-bond acceptors (Lipinski definition) is 5. The molecule has 5 aromatic rings. The summed E-state index contributed by atoms with van der Waals surface area (Å²) < 4.78 is 4.69. The number of fused-ring (bicyclic) bond motifs is 6. The molecule has 0 bridgehead atoms. The highest BCUT2D eigenvalue weighted by Gasteiger charge is 2.44. The molecule has 2 aliphatic carbocycles. The first-order chi connectivity index (χ1) is 19.6. The molecule has 0 atom stereocenters. The largest absolute Gasteiger partial charge is 0.293 e. The quantitative estimate of drug-likeness (QED) is 0.158. The smallest absolute Gasteiger partial charge is 0.263 e. The maximum absolute atomic E-state index is 14.6. The van der Waals surface area contributed by atoms with Crippen molar-refractivity contribution in [1.29, 1.82) is 0 Å². The lowest BCUT2D eigenvalue weighted by Gasteiger charge is -2.42. The van der Waals surface area contributed by atoms with Gasteiger partial charge in [-0.25, -0.2) is 4.57 Å². The zero-order valence-corrected chi connectivity index (χ0v) is 24.2. The summed E-state index contributed by atoms with van der Waals surface area (Å²) in [5.74, 6) is 0.703. The first-order valence-corrected chi connectivity index (χ1v) is 15.4. The van der Waals surface area contributed by atoms with Crippen LogP contribution in [0.25, 0.3) is 22.7 Å². The van der Waals surface area contributed by atoms with Gasteiger partial charge in [0.25, 0.3) is 5.56 Å². The number of benzene rings is 3. The monoisotopic (exact) mass is 610 g/mol. The summed E-state index contributed by atoms with van der Waals surface area (Å²) in [6.45, 7) is 0. The van der Waals surface area contributed by atoms with Gasteiger partial charge in [-0.1, -0.05) is 102 Å². The minimum atomic E-state index is -0.233. The van der Waals surface area contributed by atoms with Crippen molar-refractivity contribution in [3.05, 3.63) is 110 Å². The fraction of sp³-hybridized carbons (Fsp3) is 0.250. The van der Waals surface area contributed by atoms with Crippen molar-refractivity contribution in [2.75, 3.05) is 5.75 Å². The average Bonchev–Trinajstić information content (AvgIpc) is 3.40. The van der Waals surface area contributed by atoms with Gasteiger partial charge in [0.2, 0.25) is 5.78 Å². The van der Waals surface area contributed by atoms with Gasteiger partial charge in [0.1, 0.15) is 0 Å². The number of carbonyl (C=O) groups is 1. The maximum atomic E-state index is 14.6. The Morgan fingerprint density at radius 2 is 1.62 bits per heavy atom. The summed E-state index contributed by atoms with van der Waals surface area (Å²) >= 11 is 4.81. The van der Waals surface area contributed by atoms with Crippen LogP contribution < -0.4 is 5.56 Å². The lowest BCUT2D eigenvalue weighted by molar-refractivity contribution is 0.102. The second kappa shape index (κ2) is 10.2. The molecule has 0 aliphatic heterocycles. The normalized spacial score (nSPS) is 15.6. The van der Waals surface area contributed by atoms with Gasteiger partial charge in [0, 0.05) is 26.6 Å². The molecular weight excluding hydrogens is 584 g/mol. The fourth-order valence-electron chi connectivity index (χ4n) is 6.52. The van der Waals surface area contributed by atoms with Crippen LogP contribution in [0.15, 0.2) is 93.3 Å². The Hall–Kier alpha value is -3.49. The van der Waals surface area contributed by atoms with Crippen LogP contribution in [0, 0.1) is 0 Å². The Bertz CT molecular complexity index is 1810. The van der Waals surface area contributed by atoms with E-state index in [4.69, 9.17) is 0 Å². The van der Waals surface area contributed by atoms with Gasteiger partial charge in [0.15, 0.2) is 10.9 Å². The van der Waals surface area contributed by atoms with Gasteiger partial charge in [-0.15, -0.1) is 10.2 Å². The molecule has 2 heterocycles. The number of aromatic nitrogens is 4. The van der Waals surface area contributed by atoms with Crippen LogP contribution in [0.1, 0.15) is 53.6 Å². The van der Waals surface area contributed by atoms with E-state index < -0.39 is 0 Å². The lowest BCUT2D eigenvalue weighted by Crippen LogP contribution is -2.43. The lowest BCUT2D eigenvalue weighted by atomic mass is 9.62. The highest BCUT2D eigenvalue weighted by Crippen LogP contribution is 2.49. The van der Waals surface area contributed by atoms with Gasteiger partial charge in [-0.3, -0.25) is 14.0 Å². The Balaban J connectivity index is 1.47. The third kappa shape index (κ3) is 4.16. The summed E-state index contributed by atoms with van der Waals surface area (Å²) in [4.78, 5) is 27.7. The molecule has 0 radical (unpaired) electrons. The molecule has 0 N–H and O–H groups in total. The maximum Gasteiger partial charge on any atom is 0.263 e. The summed E-state index contributed by atoms with van der Waals surface area (Å²) in [5.41, 5.74) is 5.23. The van der Waals surface area contributed by atoms with Crippen LogP contribution in [-0.2, 0) is 11.8 Å². The molecular formula is C32H27BrN4O2S. The molecule has 6 nitrogen and oxygen atoms in total. The zero-order chi connectivity index (χ0) is 27.3. The second-order valence-electron chi connectivity index (χ2n) is 10.7. The molecule has 0 unspecified atom stereocenters. The van der Waals surface area contributed by atoms with E-state index in [9.17, 15) is 9.59 Å². The van der Waals surface area contributed by atoms with Crippen molar-refractivity contribution >= 4 is 39.3 Å². The van der Waals surface area contributed by atoms with Crippen molar-refractivity contribution in [2.45, 2.75) is 49.1 Å². The van der Waals surface area contributed by atoms with E-state index in [1.807, 2.05) is 65.1 Å². The van der Waals surface area contributed by atoms with Crippen LogP contribution in [0.2, 0.25) is 0 Å². The third-order valence-corrected chi connectivity index (χ3v) is 9.81. The van der Waals surface area contributed by atoms with Crippen LogP contribution in [0.5, 0.6) is 0 Å². The molecule has 1 spiro atoms. The number of rotatable bonds is 5. The van der Waals surface area contributed by atoms with E-state index in [-0.39, 0.29) is 22.5 Å². The van der Waals surface area contributed by atoms with Gasteiger partial charge in [-0.2, -0.15) is 0 Å². The highest BCUT2D eigenvalue weighted by molar-refractivity contribution is 9.10. The van der Waals surface area contributed by atoms with Crippen molar-refractivity contribution in [3.8, 4) is 16.9 Å². The Labute approximate surface area is 244 Å². The van der Waals surface area contributed by atoms with E-state index in [0.29, 0.717) is 16.5 Å². The third-order valence-electron chi connectivity index (χ3n) is 8.35. The number of ketones is 1. The van der Waals surface area contributed by atoms with E-state index in [2.05, 4.69) is 44.3 Å². The molecule has 0 amide bonds. The second-order valence-corrected chi connectivity index (χ2v) is 12.6. The first kappa shape index (κ1) is 25.5. The van der Waals surface area contributed by atoms with E-state index in [0.717, 1.165) is 59.1 Å². The Morgan fingerprint density at radius 1 is 0.900 bits per heavy atom. The summed E-state index contributed by atoms with van der Waals surface area (Å²) in [6.07, 6.45) is 6.23. The molecule has 200 valence electrons. The van der Waals surface area contributed by atoms with Crippen LogP contribution in [0.4, 0.5) is 0 Å². The van der Waals surface area contributed by atoms with Gasteiger partial charge in [-0.05, 0) is 49.1 Å². The average molecular weight is 612 g/mol. The summed E-state index contributed by atoms with van der Waals surface area (Å²) in [7, 11) is 0.